The van der Waals surface area contributed by atoms with Gasteiger partial charge in [-0.2, -0.15) is 15.2 Å². The zero-order chi connectivity index (χ0) is 23.9. The predicted octanol–water partition coefficient (Wildman–Crippen LogP) is 3.54. The molecule has 0 saturated heterocycles. The highest BCUT2D eigenvalue weighted by molar-refractivity contribution is 5.98. The molecule has 2 heterocycles. The maximum Gasteiger partial charge on any atom is 0.254 e. The minimum absolute atomic E-state index is 0.00100. The third kappa shape index (κ3) is 3.01. The van der Waals surface area contributed by atoms with Crippen LogP contribution in [0.25, 0.3) is 0 Å². The van der Waals surface area contributed by atoms with Crippen molar-refractivity contribution in [3.8, 4) is 0 Å². The summed E-state index contributed by atoms with van der Waals surface area (Å²) in [5.74, 6) is 1.32. The molecule has 0 bridgehead atoms. The van der Waals surface area contributed by atoms with Crippen molar-refractivity contribution in [3.63, 3.8) is 0 Å². The van der Waals surface area contributed by atoms with Crippen molar-refractivity contribution in [1.29, 1.82) is 0 Å². The number of carbonyl (C=O) groups is 1. The third-order valence-corrected chi connectivity index (χ3v) is 8.95. The van der Waals surface area contributed by atoms with E-state index in [2.05, 4.69) is 31.1 Å². The van der Waals surface area contributed by atoms with E-state index in [0.29, 0.717) is 34.3 Å². The Balaban J connectivity index is 1.14. The molecule has 35 heavy (non-hydrogen) atoms. The number of hydrogen-bond acceptors (Lipinski definition) is 8. The monoisotopic (exact) mass is 476 g/mol. The van der Waals surface area contributed by atoms with E-state index in [0.717, 1.165) is 11.8 Å². The number of rotatable bonds is 6. The predicted molar refractivity (Wildman–Crippen MR) is 131 cm³/mol. The molecule has 7 rings (SSSR count). The van der Waals surface area contributed by atoms with Crippen LogP contribution in [0.4, 0.5) is 27.5 Å². The van der Waals surface area contributed by atoms with E-state index in [1.165, 1.54) is 55.9 Å². The standard InChI is InChI=1S/C25H29FN8O/c1-13-11-29-34(33-13)18-10-14(5-6-17(18)26)30-22-15(21(27)35)12-28-23(32-22)31-20-19-16-4-2-3-7-24(8-9-24)25(16,19)20/h5-6,10-13,16,19-20,33H,2-4,7-9H2,1H3,(H2,27,35)(H2,28,30,31,32). The second kappa shape index (κ2) is 7.13. The lowest BCUT2D eigenvalue weighted by atomic mass is 9.84. The van der Waals surface area contributed by atoms with E-state index in [9.17, 15) is 9.18 Å². The van der Waals surface area contributed by atoms with Gasteiger partial charge in [-0.3, -0.25) is 4.79 Å². The molecule has 4 saturated carbocycles. The number of amides is 1. The summed E-state index contributed by atoms with van der Waals surface area (Å²) < 4.78 is 14.5. The normalized spacial score (nSPS) is 33.0. The van der Waals surface area contributed by atoms with Crippen molar-refractivity contribution >= 4 is 35.3 Å². The van der Waals surface area contributed by atoms with Gasteiger partial charge in [-0.15, -0.1) is 0 Å². The molecule has 1 aromatic heterocycles. The smallest absolute Gasteiger partial charge is 0.254 e. The van der Waals surface area contributed by atoms with E-state index in [4.69, 9.17) is 5.73 Å². The molecule has 5 N–H and O–H groups in total. The van der Waals surface area contributed by atoms with Gasteiger partial charge in [0.2, 0.25) is 5.95 Å². The van der Waals surface area contributed by atoms with E-state index in [-0.39, 0.29) is 17.3 Å². The highest BCUT2D eigenvalue weighted by Gasteiger charge is 2.93. The topological polar surface area (TPSA) is 121 Å². The molecule has 182 valence electrons. The van der Waals surface area contributed by atoms with Crippen LogP contribution in [0.1, 0.15) is 55.8 Å². The maximum absolute atomic E-state index is 14.5. The zero-order valence-electron chi connectivity index (χ0n) is 19.6. The number of aromatic nitrogens is 2. The molecule has 0 radical (unpaired) electrons. The minimum Gasteiger partial charge on any atom is -0.365 e. The lowest BCUT2D eigenvalue weighted by Crippen LogP contribution is -2.34. The number of hydrogen-bond donors (Lipinski definition) is 4. The average Bonchev–Trinajstić information content (AvgIpc) is 3.76. The van der Waals surface area contributed by atoms with Gasteiger partial charge in [0, 0.05) is 29.6 Å². The van der Waals surface area contributed by atoms with Crippen molar-refractivity contribution < 1.29 is 9.18 Å². The number of fused-ring (bicyclic) bond motifs is 1. The lowest BCUT2D eigenvalue weighted by Gasteiger charge is -2.25. The quantitative estimate of drug-likeness (QED) is 0.503. The number of hydrazine groups is 1. The zero-order valence-corrected chi connectivity index (χ0v) is 19.6. The number of primary amides is 1. The first-order valence-corrected chi connectivity index (χ1v) is 12.5. The van der Waals surface area contributed by atoms with Crippen LogP contribution in [0.2, 0.25) is 0 Å². The lowest BCUT2D eigenvalue weighted by molar-refractivity contribution is 0.100. The first-order chi connectivity index (χ1) is 16.9. The summed E-state index contributed by atoms with van der Waals surface area (Å²) in [4.78, 5) is 21.1. The van der Waals surface area contributed by atoms with Crippen LogP contribution >= 0.6 is 0 Å². The Morgan fingerprint density at radius 1 is 1.29 bits per heavy atom. The molecular formula is C25H29FN8O. The van der Waals surface area contributed by atoms with Gasteiger partial charge in [-0.25, -0.2) is 14.8 Å². The summed E-state index contributed by atoms with van der Waals surface area (Å²) in [6, 6.07) is 4.96. The molecule has 5 atom stereocenters. The van der Waals surface area contributed by atoms with Crippen molar-refractivity contribution in [2.75, 3.05) is 15.8 Å². The van der Waals surface area contributed by atoms with E-state index in [1.54, 1.807) is 18.3 Å². The van der Waals surface area contributed by atoms with Crippen LogP contribution in [0, 0.1) is 28.5 Å². The Bertz CT molecular complexity index is 1260. The van der Waals surface area contributed by atoms with Crippen LogP contribution in [0.15, 0.2) is 29.5 Å². The Hall–Kier alpha value is -3.27. The van der Waals surface area contributed by atoms with Gasteiger partial charge in [0.1, 0.15) is 22.9 Å². The molecule has 4 aliphatic carbocycles. The molecule has 4 fully saturated rings. The van der Waals surface area contributed by atoms with E-state index >= 15 is 0 Å². The Kier molecular flexibility index (Phi) is 4.29. The highest BCUT2D eigenvalue weighted by atomic mass is 19.1. The molecule has 5 aliphatic rings. The van der Waals surface area contributed by atoms with Crippen LogP contribution < -0.4 is 26.9 Å². The number of carbonyl (C=O) groups excluding carboxylic acids is 1. The third-order valence-electron chi connectivity index (χ3n) is 8.95. The molecule has 10 heteroatoms. The fourth-order valence-corrected chi connectivity index (χ4v) is 7.19. The molecule has 2 aromatic rings. The fourth-order valence-electron chi connectivity index (χ4n) is 7.19. The molecule has 1 aliphatic heterocycles. The molecular weight excluding hydrogens is 447 g/mol. The number of nitrogens with zero attached hydrogens (tertiary/aromatic N) is 4. The Labute approximate surface area is 202 Å². The fraction of sp³-hybridized carbons (Fsp3) is 0.520. The molecule has 2 spiro atoms. The van der Waals surface area contributed by atoms with Crippen molar-refractivity contribution in [3.05, 3.63) is 35.8 Å². The van der Waals surface area contributed by atoms with Crippen LogP contribution in [-0.4, -0.2) is 34.2 Å². The van der Waals surface area contributed by atoms with Gasteiger partial charge < -0.3 is 16.4 Å². The molecule has 5 unspecified atom stereocenters. The number of nitrogens with one attached hydrogen (secondary N) is 3. The number of anilines is 4. The summed E-state index contributed by atoms with van der Waals surface area (Å²) in [6.07, 6.45) is 11.3. The minimum atomic E-state index is -0.630. The summed E-state index contributed by atoms with van der Waals surface area (Å²) in [6.45, 7) is 1.92. The second-order valence-electron chi connectivity index (χ2n) is 10.8. The van der Waals surface area contributed by atoms with Crippen LogP contribution in [-0.2, 0) is 0 Å². The number of benzene rings is 1. The average molecular weight is 477 g/mol. The van der Waals surface area contributed by atoms with Crippen LogP contribution in [0.5, 0.6) is 0 Å². The number of nitrogens with two attached hydrogens (primary N) is 1. The molecule has 1 aromatic carbocycles. The second-order valence-corrected chi connectivity index (χ2v) is 10.8. The Morgan fingerprint density at radius 2 is 2.14 bits per heavy atom. The van der Waals surface area contributed by atoms with Crippen molar-refractivity contribution in [2.24, 2.45) is 33.5 Å². The van der Waals surface area contributed by atoms with E-state index in [1.807, 2.05) is 6.92 Å². The van der Waals surface area contributed by atoms with Gasteiger partial charge in [-0.1, -0.05) is 12.8 Å². The first-order valence-electron chi connectivity index (χ1n) is 12.5. The van der Waals surface area contributed by atoms with Gasteiger partial charge in [0.25, 0.3) is 5.91 Å². The van der Waals surface area contributed by atoms with Gasteiger partial charge in [0.05, 0.1) is 6.04 Å². The van der Waals surface area contributed by atoms with Crippen molar-refractivity contribution in [2.45, 2.75) is 57.5 Å². The van der Waals surface area contributed by atoms with E-state index < -0.39 is 11.7 Å². The van der Waals surface area contributed by atoms with Crippen LogP contribution in [0.3, 0.4) is 0 Å². The van der Waals surface area contributed by atoms with Gasteiger partial charge >= 0.3 is 0 Å². The summed E-state index contributed by atoms with van der Waals surface area (Å²) in [7, 11) is 0. The summed E-state index contributed by atoms with van der Waals surface area (Å²) in [5.41, 5.74) is 10.6. The molecule has 1 amide bonds. The first kappa shape index (κ1) is 21.0. The Morgan fingerprint density at radius 3 is 2.89 bits per heavy atom. The summed E-state index contributed by atoms with van der Waals surface area (Å²) in [5, 5.41) is 12.3. The number of hydrazone groups is 1. The molecule has 9 nitrogen and oxygen atoms in total. The summed E-state index contributed by atoms with van der Waals surface area (Å²) >= 11 is 0. The van der Waals surface area contributed by atoms with Crippen molar-refractivity contribution in [1.82, 2.24) is 15.4 Å². The van der Waals surface area contributed by atoms with Gasteiger partial charge in [-0.05, 0) is 68.1 Å². The highest BCUT2D eigenvalue weighted by Crippen LogP contribution is 2.94. The van der Waals surface area contributed by atoms with Gasteiger partial charge in [0.15, 0.2) is 0 Å². The SMILES string of the molecule is CC1C=NN(c2cc(Nc3nc(NC4C5C6CCCCC7(CC7)C645)ncc3C(N)=O)ccc2F)N1. The largest absolute Gasteiger partial charge is 0.365 e. The maximum atomic E-state index is 14.5. The number of halogens is 1.